The van der Waals surface area contributed by atoms with E-state index in [0.29, 0.717) is 0 Å². The van der Waals surface area contributed by atoms with Gasteiger partial charge in [0, 0.05) is 6.92 Å². The van der Waals surface area contributed by atoms with Gasteiger partial charge in [0.1, 0.15) is 5.69 Å². The molecule has 0 atom stereocenters. The van der Waals surface area contributed by atoms with Gasteiger partial charge in [-0.05, 0) is 0 Å². The van der Waals surface area contributed by atoms with Gasteiger partial charge in [-0.1, -0.05) is 0 Å². The average molecular weight is 198 g/mol. The summed E-state index contributed by atoms with van der Waals surface area (Å²) in [4.78, 5) is 36.7. The lowest BCUT2D eigenvalue weighted by molar-refractivity contribution is -0.119. The number of hydrogen-bond acceptors (Lipinski definition) is 4. The normalized spacial score (nSPS) is 9.79. The van der Waals surface area contributed by atoms with Crippen LogP contribution in [-0.4, -0.2) is 15.9 Å². The van der Waals surface area contributed by atoms with E-state index in [9.17, 15) is 14.4 Å². The van der Waals surface area contributed by atoms with Crippen molar-refractivity contribution < 1.29 is 4.79 Å². The number of carbonyl (C=O) groups excluding carboxylic acids is 1. The SMILES string of the molecule is CC(=O)NCc1[nH]c(=O)[nH]c(=O)c1N. The molecular formula is C7H10N4O3. The van der Waals surface area contributed by atoms with Crippen molar-refractivity contribution in [3.8, 4) is 0 Å². The van der Waals surface area contributed by atoms with E-state index in [1.165, 1.54) is 6.92 Å². The van der Waals surface area contributed by atoms with Gasteiger partial charge in [-0.2, -0.15) is 0 Å². The number of aromatic amines is 2. The lowest BCUT2D eigenvalue weighted by Gasteiger charge is -2.03. The van der Waals surface area contributed by atoms with Crippen LogP contribution in [0.3, 0.4) is 0 Å². The van der Waals surface area contributed by atoms with Crippen LogP contribution < -0.4 is 22.3 Å². The Hall–Kier alpha value is -2.05. The van der Waals surface area contributed by atoms with Crippen LogP contribution in [0.4, 0.5) is 5.69 Å². The van der Waals surface area contributed by atoms with Crippen molar-refractivity contribution in [2.45, 2.75) is 13.5 Å². The first-order valence-electron chi connectivity index (χ1n) is 3.86. The molecule has 1 rings (SSSR count). The number of nitrogen functional groups attached to an aromatic ring is 1. The highest BCUT2D eigenvalue weighted by atomic mass is 16.2. The molecule has 76 valence electrons. The monoisotopic (exact) mass is 198 g/mol. The van der Waals surface area contributed by atoms with E-state index in [-0.39, 0.29) is 23.8 Å². The summed E-state index contributed by atoms with van der Waals surface area (Å²) in [7, 11) is 0. The predicted octanol–water partition coefficient (Wildman–Crippen LogP) is -1.72. The van der Waals surface area contributed by atoms with E-state index in [4.69, 9.17) is 5.73 Å². The minimum Gasteiger partial charge on any atom is -0.393 e. The van der Waals surface area contributed by atoms with E-state index < -0.39 is 11.2 Å². The molecule has 1 amide bonds. The Balaban J connectivity index is 3.03. The minimum atomic E-state index is -0.658. The highest BCUT2D eigenvalue weighted by molar-refractivity contribution is 5.72. The summed E-state index contributed by atoms with van der Waals surface area (Å²) in [5.74, 6) is -0.273. The first-order chi connectivity index (χ1) is 6.50. The molecule has 0 fully saturated rings. The first-order valence-corrected chi connectivity index (χ1v) is 3.86. The van der Waals surface area contributed by atoms with Crippen molar-refractivity contribution in [3.05, 3.63) is 26.5 Å². The lowest BCUT2D eigenvalue weighted by Crippen LogP contribution is -2.30. The molecule has 0 spiro atoms. The van der Waals surface area contributed by atoms with Crippen LogP contribution >= 0.6 is 0 Å². The molecule has 1 heterocycles. The second-order valence-corrected chi connectivity index (χ2v) is 2.71. The highest BCUT2D eigenvalue weighted by Crippen LogP contribution is 1.96. The molecule has 0 aliphatic rings. The van der Waals surface area contributed by atoms with Crippen LogP contribution in [-0.2, 0) is 11.3 Å². The average Bonchev–Trinajstić information content (AvgIpc) is 2.08. The fraction of sp³-hybridized carbons (Fsp3) is 0.286. The molecule has 7 heteroatoms. The van der Waals surface area contributed by atoms with Crippen LogP contribution in [0.2, 0.25) is 0 Å². The molecule has 0 aliphatic heterocycles. The third-order valence-electron chi connectivity index (χ3n) is 1.58. The molecule has 0 unspecified atom stereocenters. The van der Waals surface area contributed by atoms with E-state index in [2.05, 4.69) is 10.3 Å². The van der Waals surface area contributed by atoms with Crippen molar-refractivity contribution in [2.75, 3.05) is 5.73 Å². The molecule has 0 saturated carbocycles. The molecular weight excluding hydrogens is 188 g/mol. The predicted molar refractivity (Wildman–Crippen MR) is 49.6 cm³/mol. The Morgan fingerprint density at radius 1 is 1.43 bits per heavy atom. The summed E-state index contributed by atoms with van der Waals surface area (Å²) in [6.07, 6.45) is 0. The van der Waals surface area contributed by atoms with E-state index >= 15 is 0 Å². The maximum absolute atomic E-state index is 11.0. The van der Waals surface area contributed by atoms with Crippen LogP contribution in [0.1, 0.15) is 12.6 Å². The summed E-state index contributed by atoms with van der Waals surface area (Å²) in [5.41, 5.74) is 4.17. The third kappa shape index (κ3) is 2.22. The smallest absolute Gasteiger partial charge is 0.326 e. The minimum absolute atomic E-state index is 0.0281. The molecule has 14 heavy (non-hydrogen) atoms. The Bertz CT molecular complexity index is 459. The van der Waals surface area contributed by atoms with Gasteiger partial charge in [-0.15, -0.1) is 0 Å². The zero-order valence-electron chi connectivity index (χ0n) is 7.51. The van der Waals surface area contributed by atoms with Crippen molar-refractivity contribution in [1.82, 2.24) is 15.3 Å². The highest BCUT2D eigenvalue weighted by Gasteiger charge is 2.05. The van der Waals surface area contributed by atoms with Crippen LogP contribution in [0.15, 0.2) is 9.59 Å². The number of rotatable bonds is 2. The van der Waals surface area contributed by atoms with E-state index in [1.54, 1.807) is 0 Å². The molecule has 0 radical (unpaired) electrons. The Kier molecular flexibility index (Phi) is 2.70. The fourth-order valence-corrected chi connectivity index (χ4v) is 0.895. The number of carbonyl (C=O) groups is 1. The lowest BCUT2D eigenvalue weighted by atomic mass is 10.3. The second kappa shape index (κ2) is 3.77. The summed E-state index contributed by atoms with van der Waals surface area (Å²) in [5, 5.41) is 2.42. The van der Waals surface area contributed by atoms with Gasteiger partial charge in [0.25, 0.3) is 5.56 Å². The zero-order valence-corrected chi connectivity index (χ0v) is 7.51. The number of aromatic nitrogens is 2. The Labute approximate surface area is 78.3 Å². The summed E-state index contributed by atoms with van der Waals surface area (Å²) >= 11 is 0. The molecule has 5 N–H and O–H groups in total. The van der Waals surface area contributed by atoms with Gasteiger partial charge in [-0.25, -0.2) is 4.79 Å². The van der Waals surface area contributed by atoms with E-state index in [1.807, 2.05) is 4.98 Å². The molecule has 7 nitrogen and oxygen atoms in total. The largest absolute Gasteiger partial charge is 0.393 e. The topological polar surface area (TPSA) is 121 Å². The maximum atomic E-state index is 11.0. The molecule has 0 aliphatic carbocycles. The quantitative estimate of drug-likeness (QED) is 0.451. The van der Waals surface area contributed by atoms with Crippen LogP contribution in [0.5, 0.6) is 0 Å². The molecule has 0 aromatic carbocycles. The van der Waals surface area contributed by atoms with Gasteiger partial charge < -0.3 is 16.0 Å². The van der Waals surface area contributed by atoms with Gasteiger partial charge >= 0.3 is 5.69 Å². The number of anilines is 1. The summed E-state index contributed by atoms with van der Waals surface area (Å²) < 4.78 is 0. The van der Waals surface area contributed by atoms with Crippen molar-refractivity contribution in [3.63, 3.8) is 0 Å². The van der Waals surface area contributed by atoms with Crippen LogP contribution in [0, 0.1) is 0 Å². The number of amides is 1. The van der Waals surface area contributed by atoms with E-state index in [0.717, 1.165) is 0 Å². The van der Waals surface area contributed by atoms with Crippen molar-refractivity contribution in [2.24, 2.45) is 0 Å². The first kappa shape index (κ1) is 10.0. The van der Waals surface area contributed by atoms with Gasteiger partial charge in [0.15, 0.2) is 0 Å². The van der Waals surface area contributed by atoms with Gasteiger partial charge in [0.05, 0.1) is 12.2 Å². The zero-order chi connectivity index (χ0) is 10.7. The van der Waals surface area contributed by atoms with Crippen molar-refractivity contribution in [1.29, 1.82) is 0 Å². The number of H-pyrrole nitrogens is 2. The molecule has 0 saturated heterocycles. The Morgan fingerprint density at radius 3 is 2.64 bits per heavy atom. The van der Waals surface area contributed by atoms with Crippen LogP contribution in [0.25, 0.3) is 0 Å². The standard InChI is InChI=1S/C7H10N4O3/c1-3(12)9-2-4-5(8)6(13)11-7(14)10-4/h2,8H2,1H3,(H,9,12)(H2,10,11,13,14). The fourth-order valence-electron chi connectivity index (χ4n) is 0.895. The number of nitrogens with two attached hydrogens (primary N) is 1. The maximum Gasteiger partial charge on any atom is 0.326 e. The molecule has 1 aromatic heterocycles. The second-order valence-electron chi connectivity index (χ2n) is 2.71. The Morgan fingerprint density at radius 2 is 2.07 bits per heavy atom. The third-order valence-corrected chi connectivity index (χ3v) is 1.58. The number of nitrogens with one attached hydrogen (secondary N) is 3. The summed E-state index contributed by atoms with van der Waals surface area (Å²) in [6, 6.07) is 0. The molecule has 0 bridgehead atoms. The van der Waals surface area contributed by atoms with Gasteiger partial charge in [0.2, 0.25) is 5.91 Å². The molecule has 1 aromatic rings. The number of hydrogen-bond donors (Lipinski definition) is 4. The van der Waals surface area contributed by atoms with Gasteiger partial charge in [-0.3, -0.25) is 14.6 Å². The van der Waals surface area contributed by atoms with Crippen molar-refractivity contribution >= 4 is 11.6 Å². The summed E-state index contributed by atoms with van der Waals surface area (Å²) in [6.45, 7) is 1.35.